The molecule has 0 radical (unpaired) electrons. The lowest BCUT2D eigenvalue weighted by Crippen LogP contribution is -2.06. The van der Waals surface area contributed by atoms with E-state index in [-0.39, 0.29) is 28.3 Å². The van der Waals surface area contributed by atoms with Crippen molar-refractivity contribution >= 4 is 5.97 Å². The SMILES string of the molecule is COc1cc(C(F)(F)F)ccc1-c1noc(C)c1C(=O)O. The van der Waals surface area contributed by atoms with E-state index >= 15 is 0 Å². The van der Waals surface area contributed by atoms with E-state index in [1.165, 1.54) is 14.0 Å². The van der Waals surface area contributed by atoms with Crippen LogP contribution in [0.3, 0.4) is 0 Å². The summed E-state index contributed by atoms with van der Waals surface area (Å²) in [4.78, 5) is 11.2. The van der Waals surface area contributed by atoms with Crippen molar-refractivity contribution in [2.45, 2.75) is 13.1 Å². The van der Waals surface area contributed by atoms with Crippen LogP contribution in [0.15, 0.2) is 22.7 Å². The van der Waals surface area contributed by atoms with Crippen molar-refractivity contribution in [1.29, 1.82) is 0 Å². The van der Waals surface area contributed by atoms with Crippen LogP contribution in [0.2, 0.25) is 0 Å². The molecule has 8 heteroatoms. The van der Waals surface area contributed by atoms with Gasteiger partial charge >= 0.3 is 12.1 Å². The van der Waals surface area contributed by atoms with Gasteiger partial charge in [0, 0.05) is 5.56 Å². The Morgan fingerprint density at radius 2 is 2.05 bits per heavy atom. The second-order valence-electron chi connectivity index (χ2n) is 4.18. The van der Waals surface area contributed by atoms with Gasteiger partial charge in [-0.3, -0.25) is 0 Å². The van der Waals surface area contributed by atoms with E-state index in [4.69, 9.17) is 14.4 Å². The quantitative estimate of drug-likeness (QED) is 0.941. The number of aromatic nitrogens is 1. The summed E-state index contributed by atoms with van der Waals surface area (Å²) in [5, 5.41) is 12.7. The summed E-state index contributed by atoms with van der Waals surface area (Å²) in [6.07, 6.45) is -4.53. The summed E-state index contributed by atoms with van der Waals surface area (Å²) in [5.74, 6) is -1.37. The number of hydrogen-bond donors (Lipinski definition) is 1. The number of carboxylic acids is 1. The zero-order chi connectivity index (χ0) is 15.8. The first-order valence-corrected chi connectivity index (χ1v) is 5.71. The maximum absolute atomic E-state index is 12.7. The van der Waals surface area contributed by atoms with E-state index in [9.17, 15) is 18.0 Å². The maximum Gasteiger partial charge on any atom is 0.416 e. The van der Waals surface area contributed by atoms with Crippen molar-refractivity contribution in [1.82, 2.24) is 5.16 Å². The Kier molecular flexibility index (Phi) is 3.63. The van der Waals surface area contributed by atoms with Gasteiger partial charge in [-0.2, -0.15) is 13.2 Å². The molecule has 21 heavy (non-hydrogen) atoms. The maximum atomic E-state index is 12.7. The Morgan fingerprint density at radius 1 is 1.38 bits per heavy atom. The van der Waals surface area contributed by atoms with Crippen molar-refractivity contribution in [2.24, 2.45) is 0 Å². The van der Waals surface area contributed by atoms with Gasteiger partial charge in [-0.1, -0.05) is 5.16 Å². The monoisotopic (exact) mass is 301 g/mol. The Bertz CT molecular complexity index is 691. The molecule has 1 N–H and O–H groups in total. The highest BCUT2D eigenvalue weighted by Crippen LogP contribution is 2.38. The van der Waals surface area contributed by atoms with Gasteiger partial charge < -0.3 is 14.4 Å². The van der Waals surface area contributed by atoms with Crippen molar-refractivity contribution < 1.29 is 32.3 Å². The molecular weight excluding hydrogens is 291 g/mol. The van der Waals surface area contributed by atoms with Crippen molar-refractivity contribution in [2.75, 3.05) is 7.11 Å². The average Bonchev–Trinajstić information content (AvgIpc) is 2.78. The highest BCUT2D eigenvalue weighted by molar-refractivity contribution is 5.96. The molecule has 0 atom stereocenters. The Morgan fingerprint density at radius 3 is 2.57 bits per heavy atom. The van der Waals surface area contributed by atoms with Gasteiger partial charge in [-0.25, -0.2) is 4.79 Å². The second-order valence-corrected chi connectivity index (χ2v) is 4.18. The first-order chi connectivity index (χ1) is 9.75. The van der Waals surface area contributed by atoms with Crippen LogP contribution in [0, 0.1) is 6.92 Å². The summed E-state index contributed by atoms with van der Waals surface area (Å²) in [7, 11) is 1.19. The molecule has 2 rings (SSSR count). The molecule has 1 aromatic heterocycles. The third-order valence-electron chi connectivity index (χ3n) is 2.86. The van der Waals surface area contributed by atoms with E-state index in [1.807, 2.05) is 0 Å². The van der Waals surface area contributed by atoms with E-state index in [2.05, 4.69) is 5.16 Å². The summed E-state index contributed by atoms with van der Waals surface area (Å²) in [6, 6.07) is 2.71. The molecule has 0 amide bonds. The summed E-state index contributed by atoms with van der Waals surface area (Å²) < 4.78 is 47.7. The predicted molar refractivity (Wildman–Crippen MR) is 65.2 cm³/mol. The number of alkyl halides is 3. The van der Waals surface area contributed by atoms with Crippen LogP contribution >= 0.6 is 0 Å². The number of methoxy groups -OCH3 is 1. The number of aryl methyl sites for hydroxylation is 1. The van der Waals surface area contributed by atoms with E-state index < -0.39 is 17.7 Å². The topological polar surface area (TPSA) is 72.6 Å². The number of carboxylic acid groups (broad SMARTS) is 1. The number of benzene rings is 1. The zero-order valence-electron chi connectivity index (χ0n) is 11.0. The van der Waals surface area contributed by atoms with Gasteiger partial charge in [-0.15, -0.1) is 0 Å². The van der Waals surface area contributed by atoms with Crippen LogP contribution < -0.4 is 4.74 Å². The average molecular weight is 301 g/mol. The van der Waals surface area contributed by atoms with E-state index in [0.717, 1.165) is 18.2 Å². The molecule has 0 saturated heterocycles. The van der Waals surface area contributed by atoms with Gasteiger partial charge in [0.1, 0.15) is 22.8 Å². The lowest BCUT2D eigenvalue weighted by atomic mass is 10.0. The lowest BCUT2D eigenvalue weighted by molar-refractivity contribution is -0.137. The smallest absolute Gasteiger partial charge is 0.416 e. The minimum absolute atomic E-state index is 0.0550. The Hall–Kier alpha value is -2.51. The fourth-order valence-corrected chi connectivity index (χ4v) is 1.87. The molecule has 0 unspecified atom stereocenters. The van der Waals surface area contributed by atoms with Gasteiger partial charge in [0.15, 0.2) is 0 Å². The highest BCUT2D eigenvalue weighted by atomic mass is 19.4. The summed E-state index contributed by atoms with van der Waals surface area (Å²) in [5.41, 5.74) is -1.08. The van der Waals surface area contributed by atoms with Crippen LogP contribution in [0.25, 0.3) is 11.3 Å². The number of ether oxygens (including phenoxy) is 1. The van der Waals surface area contributed by atoms with Gasteiger partial charge in [0.05, 0.1) is 12.7 Å². The Balaban J connectivity index is 2.63. The number of nitrogens with zero attached hydrogens (tertiary/aromatic N) is 1. The van der Waals surface area contributed by atoms with Crippen LogP contribution in [-0.2, 0) is 6.18 Å². The number of halogens is 3. The molecule has 2 aromatic rings. The standard InChI is InChI=1S/C13H10F3NO4/c1-6-10(12(18)19)11(17-21-6)8-4-3-7(13(14,15)16)5-9(8)20-2/h3-5H,1-2H3,(H,18,19). The largest absolute Gasteiger partial charge is 0.496 e. The molecule has 0 bridgehead atoms. The molecule has 0 aliphatic carbocycles. The first kappa shape index (κ1) is 14.9. The fourth-order valence-electron chi connectivity index (χ4n) is 1.87. The number of carbonyl (C=O) groups is 1. The fraction of sp³-hybridized carbons (Fsp3) is 0.231. The molecule has 0 fully saturated rings. The number of aromatic carboxylic acids is 1. The molecule has 1 heterocycles. The zero-order valence-corrected chi connectivity index (χ0v) is 11.0. The molecule has 112 valence electrons. The third-order valence-corrected chi connectivity index (χ3v) is 2.86. The third kappa shape index (κ3) is 2.69. The van der Waals surface area contributed by atoms with Gasteiger partial charge in [0.25, 0.3) is 0 Å². The number of hydrogen-bond acceptors (Lipinski definition) is 4. The minimum atomic E-state index is -4.53. The second kappa shape index (κ2) is 5.12. The number of rotatable bonds is 3. The van der Waals surface area contributed by atoms with E-state index in [1.54, 1.807) is 0 Å². The molecule has 1 aromatic carbocycles. The summed E-state index contributed by atoms with van der Waals surface area (Å²) >= 11 is 0. The Labute approximate surface area is 116 Å². The van der Waals surface area contributed by atoms with Crippen molar-refractivity contribution in [3.63, 3.8) is 0 Å². The molecule has 0 aliphatic rings. The van der Waals surface area contributed by atoms with Crippen LogP contribution in [0.1, 0.15) is 21.7 Å². The highest BCUT2D eigenvalue weighted by Gasteiger charge is 2.32. The van der Waals surface area contributed by atoms with Crippen LogP contribution in [0.4, 0.5) is 13.2 Å². The normalized spacial score (nSPS) is 11.5. The molecule has 0 aliphatic heterocycles. The minimum Gasteiger partial charge on any atom is -0.496 e. The molecular formula is C13H10F3NO4. The lowest BCUT2D eigenvalue weighted by Gasteiger charge is -2.11. The van der Waals surface area contributed by atoms with Crippen LogP contribution in [-0.4, -0.2) is 23.3 Å². The summed E-state index contributed by atoms with van der Waals surface area (Å²) in [6.45, 7) is 1.40. The predicted octanol–water partition coefficient (Wildman–Crippen LogP) is 3.38. The van der Waals surface area contributed by atoms with Crippen LogP contribution in [0.5, 0.6) is 5.75 Å². The van der Waals surface area contributed by atoms with Crippen molar-refractivity contribution in [3.8, 4) is 17.0 Å². The molecule has 5 nitrogen and oxygen atoms in total. The van der Waals surface area contributed by atoms with Gasteiger partial charge in [-0.05, 0) is 25.1 Å². The van der Waals surface area contributed by atoms with E-state index in [0.29, 0.717) is 0 Å². The molecule has 0 saturated carbocycles. The van der Waals surface area contributed by atoms with Crippen molar-refractivity contribution in [3.05, 3.63) is 35.1 Å². The first-order valence-electron chi connectivity index (χ1n) is 5.71. The molecule has 0 spiro atoms. The van der Waals surface area contributed by atoms with Gasteiger partial charge in [0.2, 0.25) is 0 Å².